The first-order chi connectivity index (χ1) is 13.7. The van der Waals surface area contributed by atoms with Crippen LogP contribution in [0.25, 0.3) is 21.0 Å². The minimum absolute atomic E-state index is 0.204. The molecule has 0 radical (unpaired) electrons. The monoisotopic (exact) mass is 391 g/mol. The van der Waals surface area contributed by atoms with Crippen LogP contribution in [0.3, 0.4) is 0 Å². The van der Waals surface area contributed by atoms with Gasteiger partial charge in [0.2, 0.25) is 0 Å². The van der Waals surface area contributed by atoms with Crippen LogP contribution in [0.1, 0.15) is 16.9 Å². The van der Waals surface area contributed by atoms with Crippen molar-refractivity contribution in [3.05, 3.63) is 79.8 Å². The maximum absolute atomic E-state index is 12.6. The minimum atomic E-state index is -0.325. The summed E-state index contributed by atoms with van der Waals surface area (Å²) in [4.78, 5) is 31.6. The molecule has 3 heterocycles. The van der Waals surface area contributed by atoms with Crippen molar-refractivity contribution >= 4 is 32.3 Å². The Kier molecular flexibility index (Phi) is 4.37. The van der Waals surface area contributed by atoms with Crippen molar-refractivity contribution in [2.45, 2.75) is 25.9 Å². The van der Waals surface area contributed by atoms with Crippen LogP contribution in [0.2, 0.25) is 0 Å². The summed E-state index contributed by atoms with van der Waals surface area (Å²) >= 11 is 1.89. The quantitative estimate of drug-likeness (QED) is 0.580. The van der Waals surface area contributed by atoms with Crippen LogP contribution in [0.5, 0.6) is 0 Å². The Hall–Kier alpha value is -2.70. The van der Waals surface area contributed by atoms with Crippen molar-refractivity contribution in [1.82, 2.24) is 14.5 Å². The molecule has 4 aromatic rings. The van der Waals surface area contributed by atoms with Gasteiger partial charge in [-0.2, -0.15) is 0 Å². The zero-order valence-corrected chi connectivity index (χ0v) is 16.3. The maximum Gasteiger partial charge on any atom is 0.328 e. The zero-order chi connectivity index (χ0) is 19.1. The van der Waals surface area contributed by atoms with E-state index in [1.165, 1.54) is 25.1 Å². The first-order valence-electron chi connectivity index (χ1n) is 9.64. The van der Waals surface area contributed by atoms with E-state index in [2.05, 4.69) is 34.1 Å². The summed E-state index contributed by atoms with van der Waals surface area (Å²) < 4.78 is 2.69. The van der Waals surface area contributed by atoms with Crippen molar-refractivity contribution in [2.75, 3.05) is 13.1 Å². The van der Waals surface area contributed by atoms with Crippen molar-refractivity contribution in [1.29, 1.82) is 0 Å². The molecule has 0 amide bonds. The number of fused-ring (bicyclic) bond motifs is 4. The molecule has 0 atom stereocenters. The van der Waals surface area contributed by atoms with Gasteiger partial charge < -0.3 is 4.98 Å². The van der Waals surface area contributed by atoms with E-state index >= 15 is 0 Å². The number of hydrogen-bond donors (Lipinski definition) is 1. The Balaban J connectivity index is 1.30. The molecule has 2 aromatic heterocycles. The second kappa shape index (κ2) is 7.04. The second-order valence-corrected chi connectivity index (χ2v) is 8.45. The normalized spacial score (nSPS) is 14.6. The Morgan fingerprint density at radius 1 is 0.964 bits per heavy atom. The van der Waals surface area contributed by atoms with E-state index in [0.29, 0.717) is 17.4 Å². The van der Waals surface area contributed by atoms with Crippen LogP contribution < -0.4 is 11.2 Å². The molecule has 0 spiro atoms. The second-order valence-electron chi connectivity index (χ2n) is 7.31. The molecule has 0 fully saturated rings. The van der Waals surface area contributed by atoms with Gasteiger partial charge in [0.1, 0.15) is 0 Å². The van der Waals surface area contributed by atoms with Crippen LogP contribution in [0.15, 0.2) is 58.1 Å². The smallest absolute Gasteiger partial charge is 0.307 e. The van der Waals surface area contributed by atoms with Crippen molar-refractivity contribution < 1.29 is 0 Å². The van der Waals surface area contributed by atoms with Gasteiger partial charge in [0.05, 0.1) is 10.9 Å². The van der Waals surface area contributed by atoms with Crippen LogP contribution in [-0.4, -0.2) is 27.5 Å². The third-order valence-electron chi connectivity index (χ3n) is 5.57. The molecule has 1 aliphatic heterocycles. The molecule has 5 nitrogen and oxygen atoms in total. The molecule has 0 saturated carbocycles. The Labute approximate surface area is 165 Å². The highest BCUT2D eigenvalue weighted by Gasteiger charge is 2.20. The number of para-hydroxylation sites is 1. The summed E-state index contributed by atoms with van der Waals surface area (Å²) in [6, 6.07) is 15.8. The first kappa shape index (κ1) is 17.4. The number of aromatic amines is 1. The SMILES string of the molecule is O=c1[nH]c2ccccc2c(=O)n1CCCN1CCc2c(sc3ccccc23)C1. The number of thiophene rings is 1. The third-order valence-corrected chi connectivity index (χ3v) is 6.77. The summed E-state index contributed by atoms with van der Waals surface area (Å²) in [6.45, 7) is 3.30. The van der Waals surface area contributed by atoms with E-state index < -0.39 is 0 Å². The van der Waals surface area contributed by atoms with Crippen molar-refractivity contribution in [2.24, 2.45) is 0 Å². The number of rotatable bonds is 4. The predicted octanol–water partition coefficient (Wildman–Crippen LogP) is 3.35. The van der Waals surface area contributed by atoms with E-state index in [1.807, 2.05) is 23.5 Å². The maximum atomic E-state index is 12.6. The summed E-state index contributed by atoms with van der Waals surface area (Å²) in [5.41, 5.74) is 1.57. The van der Waals surface area contributed by atoms with Gasteiger partial charge in [0.15, 0.2) is 0 Å². The number of nitrogens with one attached hydrogen (secondary N) is 1. The molecule has 2 aromatic carbocycles. The van der Waals surface area contributed by atoms with E-state index in [4.69, 9.17) is 0 Å². The van der Waals surface area contributed by atoms with E-state index in [9.17, 15) is 9.59 Å². The van der Waals surface area contributed by atoms with Gasteiger partial charge in [-0.25, -0.2) is 4.79 Å². The number of aromatic nitrogens is 2. The highest BCUT2D eigenvalue weighted by molar-refractivity contribution is 7.19. The van der Waals surface area contributed by atoms with Crippen LogP contribution in [0.4, 0.5) is 0 Å². The lowest BCUT2D eigenvalue weighted by Crippen LogP contribution is -2.37. The first-order valence-corrected chi connectivity index (χ1v) is 10.5. The van der Waals surface area contributed by atoms with Gasteiger partial charge in [0, 0.05) is 35.8 Å². The van der Waals surface area contributed by atoms with Crippen LogP contribution in [-0.2, 0) is 19.5 Å². The van der Waals surface area contributed by atoms with Crippen LogP contribution in [0, 0.1) is 0 Å². The van der Waals surface area contributed by atoms with Crippen LogP contribution >= 0.6 is 11.3 Å². The van der Waals surface area contributed by atoms with Gasteiger partial charge >= 0.3 is 5.69 Å². The summed E-state index contributed by atoms with van der Waals surface area (Å²) in [5.74, 6) is 0. The lowest BCUT2D eigenvalue weighted by atomic mass is 10.0. The fourth-order valence-electron chi connectivity index (χ4n) is 4.15. The van der Waals surface area contributed by atoms with Gasteiger partial charge in [0.25, 0.3) is 5.56 Å². The molecular weight excluding hydrogens is 370 g/mol. The molecule has 0 unspecified atom stereocenters. The van der Waals surface area contributed by atoms with Gasteiger partial charge in [-0.1, -0.05) is 30.3 Å². The lowest BCUT2D eigenvalue weighted by Gasteiger charge is -2.26. The average Bonchev–Trinajstić information content (AvgIpc) is 3.08. The molecule has 28 heavy (non-hydrogen) atoms. The Morgan fingerprint density at radius 3 is 2.64 bits per heavy atom. The number of benzene rings is 2. The zero-order valence-electron chi connectivity index (χ0n) is 15.5. The van der Waals surface area contributed by atoms with E-state index in [1.54, 1.807) is 12.1 Å². The van der Waals surface area contributed by atoms with E-state index in [-0.39, 0.29) is 11.2 Å². The topological polar surface area (TPSA) is 58.1 Å². The minimum Gasteiger partial charge on any atom is -0.307 e. The van der Waals surface area contributed by atoms with Gasteiger partial charge in [-0.05, 0) is 42.0 Å². The van der Waals surface area contributed by atoms with Gasteiger partial charge in [-0.3, -0.25) is 14.3 Å². The van der Waals surface area contributed by atoms with Crippen molar-refractivity contribution in [3.63, 3.8) is 0 Å². The summed E-state index contributed by atoms with van der Waals surface area (Å²) in [6.07, 6.45) is 1.84. The standard InChI is InChI=1S/C22H21N3O2S/c26-21-17-7-1-3-8-18(17)23-22(27)25(21)12-5-11-24-13-10-16-15-6-2-4-9-19(15)28-20(16)14-24/h1-4,6-9H,5,10-14H2,(H,23,27). The molecule has 0 aliphatic carbocycles. The number of H-pyrrole nitrogens is 1. The highest BCUT2D eigenvalue weighted by Crippen LogP contribution is 2.34. The fraction of sp³-hybridized carbons (Fsp3) is 0.273. The Bertz CT molecular complexity index is 1280. The van der Waals surface area contributed by atoms with E-state index in [0.717, 1.165) is 32.5 Å². The molecule has 6 heteroatoms. The highest BCUT2D eigenvalue weighted by atomic mass is 32.1. The molecule has 1 aliphatic rings. The fourth-order valence-corrected chi connectivity index (χ4v) is 5.44. The molecule has 142 valence electrons. The molecular formula is C22H21N3O2S. The molecule has 5 rings (SSSR count). The number of hydrogen-bond acceptors (Lipinski definition) is 4. The lowest BCUT2D eigenvalue weighted by molar-refractivity contribution is 0.249. The summed E-state index contributed by atoms with van der Waals surface area (Å²) in [7, 11) is 0. The molecule has 1 N–H and O–H groups in total. The Morgan fingerprint density at radius 2 is 1.75 bits per heavy atom. The summed E-state index contributed by atoms with van der Waals surface area (Å²) in [5, 5.41) is 1.96. The predicted molar refractivity (Wildman–Crippen MR) is 114 cm³/mol. The van der Waals surface area contributed by atoms with Crippen molar-refractivity contribution in [3.8, 4) is 0 Å². The largest absolute Gasteiger partial charge is 0.328 e. The number of nitrogens with zero attached hydrogens (tertiary/aromatic N) is 2. The third kappa shape index (κ3) is 2.99. The molecule has 0 saturated heterocycles. The van der Waals surface area contributed by atoms with Gasteiger partial charge in [-0.15, -0.1) is 11.3 Å². The average molecular weight is 391 g/mol. The molecule has 0 bridgehead atoms.